The molecule has 1 aromatic carbocycles. The molecule has 0 atom stereocenters. The molecule has 0 saturated carbocycles. The molecule has 13 heavy (non-hydrogen) atoms. The molecule has 0 aliphatic rings. The second-order valence-corrected chi connectivity index (χ2v) is 2.63. The second kappa shape index (κ2) is 3.35. The first kappa shape index (κ1) is 7.92. The highest BCUT2D eigenvalue weighted by molar-refractivity contribution is 5.57. The zero-order valence-electron chi connectivity index (χ0n) is 6.87. The average Bonchev–Trinajstić information content (AvgIpc) is 2.19. The summed E-state index contributed by atoms with van der Waals surface area (Å²) in [5, 5.41) is 0. The van der Waals surface area contributed by atoms with Crippen LogP contribution in [0.1, 0.15) is 0 Å². The number of halogens is 1. The molecule has 2 heteroatoms. The van der Waals surface area contributed by atoms with E-state index in [9.17, 15) is 4.39 Å². The van der Waals surface area contributed by atoms with Crippen LogP contribution in [0.3, 0.4) is 0 Å². The fourth-order valence-corrected chi connectivity index (χ4v) is 1.11. The lowest BCUT2D eigenvalue weighted by atomic mass is 10.1. The van der Waals surface area contributed by atoms with E-state index in [-0.39, 0.29) is 5.82 Å². The number of pyridine rings is 1. The van der Waals surface area contributed by atoms with E-state index in [1.807, 2.05) is 18.2 Å². The molecular weight excluding hydrogens is 165 g/mol. The van der Waals surface area contributed by atoms with Crippen molar-refractivity contribution in [2.45, 2.75) is 0 Å². The molecule has 0 amide bonds. The van der Waals surface area contributed by atoms with Gasteiger partial charge in [-0.25, -0.2) is 4.39 Å². The van der Waals surface area contributed by atoms with Crippen molar-refractivity contribution in [1.29, 1.82) is 0 Å². The normalized spacial score (nSPS) is 9.92. The van der Waals surface area contributed by atoms with Gasteiger partial charge in [0.1, 0.15) is 5.82 Å². The van der Waals surface area contributed by atoms with Crippen molar-refractivity contribution in [3.63, 3.8) is 0 Å². The third-order valence-electron chi connectivity index (χ3n) is 1.70. The molecular formula is C11H7FN. The first-order valence-electron chi connectivity index (χ1n) is 3.95. The summed E-state index contributed by atoms with van der Waals surface area (Å²) in [6.45, 7) is 0. The van der Waals surface area contributed by atoms with Crippen molar-refractivity contribution in [3.05, 3.63) is 54.5 Å². The second-order valence-electron chi connectivity index (χ2n) is 2.63. The minimum Gasteiger partial charge on any atom is -0.256 e. The van der Waals surface area contributed by atoms with Gasteiger partial charge in [0.05, 0.1) is 5.69 Å². The van der Waals surface area contributed by atoms with E-state index in [1.165, 1.54) is 6.07 Å². The van der Waals surface area contributed by atoms with Crippen molar-refractivity contribution < 1.29 is 4.39 Å². The Morgan fingerprint density at radius 3 is 2.69 bits per heavy atom. The van der Waals surface area contributed by atoms with Gasteiger partial charge in [0.2, 0.25) is 0 Å². The summed E-state index contributed by atoms with van der Waals surface area (Å²) in [4.78, 5) is 4.09. The van der Waals surface area contributed by atoms with Crippen LogP contribution in [-0.4, -0.2) is 4.98 Å². The number of nitrogens with zero attached hydrogens (tertiary/aromatic N) is 1. The van der Waals surface area contributed by atoms with Crippen LogP contribution in [0.25, 0.3) is 11.3 Å². The van der Waals surface area contributed by atoms with Crippen LogP contribution >= 0.6 is 0 Å². The van der Waals surface area contributed by atoms with E-state index < -0.39 is 0 Å². The molecule has 0 fully saturated rings. The molecule has 2 rings (SSSR count). The largest absolute Gasteiger partial charge is 0.256 e. The fraction of sp³-hybridized carbons (Fsp3) is 0. The first-order valence-corrected chi connectivity index (χ1v) is 3.95. The summed E-state index contributed by atoms with van der Waals surface area (Å²) in [5.74, 6) is -0.358. The van der Waals surface area contributed by atoms with E-state index >= 15 is 0 Å². The zero-order valence-corrected chi connectivity index (χ0v) is 6.87. The lowest BCUT2D eigenvalue weighted by molar-refractivity contribution is 0.626. The van der Waals surface area contributed by atoms with Crippen LogP contribution in [0.4, 0.5) is 4.39 Å². The van der Waals surface area contributed by atoms with Gasteiger partial charge in [-0.2, -0.15) is 0 Å². The van der Waals surface area contributed by atoms with Crippen molar-refractivity contribution in [2.75, 3.05) is 0 Å². The summed E-state index contributed by atoms with van der Waals surface area (Å²) < 4.78 is 12.8. The van der Waals surface area contributed by atoms with Crippen molar-refractivity contribution in [1.82, 2.24) is 4.98 Å². The Balaban J connectivity index is 2.48. The monoisotopic (exact) mass is 172 g/mol. The van der Waals surface area contributed by atoms with Gasteiger partial charge < -0.3 is 0 Å². The summed E-state index contributed by atoms with van der Waals surface area (Å²) >= 11 is 0. The molecule has 1 radical (unpaired) electrons. The molecule has 0 saturated heterocycles. The summed E-state index contributed by atoms with van der Waals surface area (Å²) in [5.41, 5.74) is 1.42. The highest BCUT2D eigenvalue weighted by Gasteiger charge is 1.98. The van der Waals surface area contributed by atoms with Gasteiger partial charge in [-0.05, 0) is 18.2 Å². The average molecular weight is 172 g/mol. The van der Waals surface area contributed by atoms with Gasteiger partial charge in [0.15, 0.2) is 0 Å². The lowest BCUT2D eigenvalue weighted by Crippen LogP contribution is -1.83. The van der Waals surface area contributed by atoms with E-state index in [4.69, 9.17) is 0 Å². The summed E-state index contributed by atoms with van der Waals surface area (Å²) in [6.07, 6.45) is 1.67. The minimum atomic E-state index is -0.358. The summed E-state index contributed by atoms with van der Waals surface area (Å²) in [7, 11) is 0. The molecule has 1 nitrogen and oxygen atoms in total. The SMILES string of the molecule is Fc1[c]c(-c2ccccn2)ccc1. The molecule has 0 N–H and O–H groups in total. The quantitative estimate of drug-likeness (QED) is 0.644. The molecule has 0 bridgehead atoms. The highest BCUT2D eigenvalue weighted by atomic mass is 19.1. The van der Waals surface area contributed by atoms with Crippen LogP contribution in [0.5, 0.6) is 0 Å². The third kappa shape index (κ3) is 1.72. The predicted molar refractivity (Wildman–Crippen MR) is 48.5 cm³/mol. The zero-order chi connectivity index (χ0) is 9.10. The minimum absolute atomic E-state index is 0.358. The molecule has 63 valence electrons. The van der Waals surface area contributed by atoms with E-state index in [2.05, 4.69) is 11.1 Å². The molecule has 0 spiro atoms. The number of benzene rings is 1. The smallest absolute Gasteiger partial charge is 0.131 e. The van der Waals surface area contributed by atoms with Gasteiger partial charge in [0, 0.05) is 17.8 Å². The third-order valence-corrected chi connectivity index (χ3v) is 1.70. The molecule has 0 unspecified atom stereocenters. The van der Waals surface area contributed by atoms with Gasteiger partial charge in [-0.3, -0.25) is 4.98 Å². The maximum Gasteiger partial charge on any atom is 0.131 e. The topological polar surface area (TPSA) is 12.9 Å². The van der Waals surface area contributed by atoms with Gasteiger partial charge in [0.25, 0.3) is 0 Å². The van der Waals surface area contributed by atoms with E-state index in [0.29, 0.717) is 5.56 Å². The lowest BCUT2D eigenvalue weighted by Gasteiger charge is -1.98. The Kier molecular flexibility index (Phi) is 2.04. The van der Waals surface area contributed by atoms with E-state index in [1.54, 1.807) is 18.3 Å². The standard InChI is InChI=1S/C11H7FN/c12-10-5-3-4-9(8-10)11-6-1-2-7-13-11/h1-7H. The van der Waals surface area contributed by atoms with Crippen molar-refractivity contribution in [2.24, 2.45) is 0 Å². The Hall–Kier alpha value is -1.70. The molecule has 1 heterocycles. The summed E-state index contributed by atoms with van der Waals surface area (Å²) in [6, 6.07) is 12.9. The molecule has 0 aliphatic carbocycles. The Bertz CT molecular complexity index is 398. The highest BCUT2D eigenvalue weighted by Crippen LogP contribution is 2.15. The van der Waals surface area contributed by atoms with E-state index in [0.717, 1.165) is 5.69 Å². The Labute approximate surface area is 75.9 Å². The van der Waals surface area contributed by atoms with Crippen LogP contribution in [-0.2, 0) is 0 Å². The molecule has 0 aliphatic heterocycles. The van der Waals surface area contributed by atoms with Gasteiger partial charge in [-0.15, -0.1) is 0 Å². The van der Waals surface area contributed by atoms with Gasteiger partial charge >= 0.3 is 0 Å². The number of hydrogen-bond donors (Lipinski definition) is 0. The van der Waals surface area contributed by atoms with Crippen LogP contribution in [0.2, 0.25) is 0 Å². The number of aromatic nitrogens is 1. The van der Waals surface area contributed by atoms with Crippen molar-refractivity contribution >= 4 is 0 Å². The fourth-order valence-electron chi connectivity index (χ4n) is 1.11. The maximum atomic E-state index is 12.8. The van der Waals surface area contributed by atoms with Gasteiger partial charge in [-0.1, -0.05) is 18.2 Å². The Morgan fingerprint density at radius 2 is 2.00 bits per heavy atom. The number of hydrogen-bond acceptors (Lipinski definition) is 1. The maximum absolute atomic E-state index is 12.8. The number of rotatable bonds is 1. The first-order chi connectivity index (χ1) is 6.36. The van der Waals surface area contributed by atoms with Crippen LogP contribution in [0.15, 0.2) is 42.6 Å². The Morgan fingerprint density at radius 1 is 1.08 bits per heavy atom. The predicted octanol–water partition coefficient (Wildman–Crippen LogP) is 2.69. The molecule has 1 aromatic heterocycles. The molecule has 2 aromatic rings. The van der Waals surface area contributed by atoms with Crippen molar-refractivity contribution in [3.8, 4) is 11.3 Å². The van der Waals surface area contributed by atoms with Crippen LogP contribution in [0, 0.1) is 11.9 Å². The van der Waals surface area contributed by atoms with Crippen LogP contribution < -0.4 is 0 Å².